The number of pyridine rings is 1. The van der Waals surface area contributed by atoms with Gasteiger partial charge >= 0.3 is 6.18 Å². The Hall–Kier alpha value is -3.41. The Labute approximate surface area is 180 Å². The summed E-state index contributed by atoms with van der Waals surface area (Å²) in [6.07, 6.45) is -4.90. The highest BCUT2D eigenvalue weighted by molar-refractivity contribution is 7.92. The minimum absolute atomic E-state index is 0.0779. The van der Waals surface area contributed by atoms with E-state index in [1.165, 1.54) is 26.1 Å². The molecule has 0 spiro atoms. The molecule has 0 unspecified atom stereocenters. The fourth-order valence-electron chi connectivity index (χ4n) is 2.86. The van der Waals surface area contributed by atoms with Gasteiger partial charge in [-0.3, -0.25) is 9.52 Å². The molecule has 0 bridgehead atoms. The second kappa shape index (κ2) is 8.26. The third-order valence-electron chi connectivity index (χ3n) is 4.54. The predicted octanol–water partition coefficient (Wildman–Crippen LogP) is 4.33. The van der Waals surface area contributed by atoms with Crippen LogP contribution < -0.4 is 10.0 Å². The second-order valence-electron chi connectivity index (χ2n) is 6.61. The number of furan rings is 1. The second-order valence-corrected chi connectivity index (χ2v) is 8.62. The highest BCUT2D eigenvalue weighted by atomic mass is 32.2. The van der Waals surface area contributed by atoms with E-state index in [-0.39, 0.29) is 28.0 Å². The van der Waals surface area contributed by atoms with Crippen molar-refractivity contribution in [3.05, 3.63) is 53.9 Å². The van der Waals surface area contributed by atoms with E-state index in [0.717, 1.165) is 18.2 Å². The summed E-state index contributed by atoms with van der Waals surface area (Å²) in [6, 6.07) is 5.79. The zero-order valence-corrected chi connectivity index (χ0v) is 17.6. The van der Waals surface area contributed by atoms with Crippen LogP contribution in [0.2, 0.25) is 0 Å². The number of carbonyl (C=O) groups excluding carboxylic acids is 1. The SMILES string of the molecule is C=C(c1cc2c(C(=O)NC)c(-c3ccc(F)cc3)oc2nc1NS(=O)(=O)CC)C(F)(F)F. The number of aromatic nitrogens is 1. The van der Waals surface area contributed by atoms with Gasteiger partial charge in [0.05, 0.1) is 22.3 Å². The molecule has 0 fully saturated rings. The van der Waals surface area contributed by atoms with Crippen molar-refractivity contribution in [2.75, 3.05) is 17.5 Å². The maximum atomic E-state index is 13.4. The molecular formula is C20H17F4N3O4S. The molecule has 1 amide bonds. The van der Waals surface area contributed by atoms with Crippen LogP contribution in [-0.4, -0.2) is 38.3 Å². The number of halogens is 4. The molecule has 3 rings (SSSR count). The summed E-state index contributed by atoms with van der Waals surface area (Å²) >= 11 is 0. The fraction of sp³-hybridized carbons (Fsp3) is 0.200. The number of nitrogens with one attached hydrogen (secondary N) is 2. The van der Waals surface area contributed by atoms with Crippen molar-refractivity contribution < 1.29 is 35.2 Å². The van der Waals surface area contributed by atoms with Gasteiger partial charge in [0.2, 0.25) is 15.7 Å². The number of hydrogen-bond donors (Lipinski definition) is 2. The van der Waals surface area contributed by atoms with Crippen LogP contribution in [0, 0.1) is 5.82 Å². The van der Waals surface area contributed by atoms with E-state index in [1.54, 1.807) is 0 Å². The van der Waals surface area contributed by atoms with Gasteiger partial charge in [0, 0.05) is 18.2 Å². The number of amides is 1. The molecule has 1 aromatic carbocycles. The summed E-state index contributed by atoms with van der Waals surface area (Å²) in [5.41, 5.74) is -2.22. The molecule has 2 aromatic heterocycles. The van der Waals surface area contributed by atoms with Crippen molar-refractivity contribution in [2.24, 2.45) is 0 Å². The molecule has 170 valence electrons. The Bertz CT molecular complexity index is 1310. The van der Waals surface area contributed by atoms with Crippen molar-refractivity contribution in [3.8, 4) is 11.3 Å². The summed E-state index contributed by atoms with van der Waals surface area (Å²) < 4.78 is 85.2. The third kappa shape index (κ3) is 4.44. The molecule has 0 saturated heterocycles. The van der Waals surface area contributed by atoms with Gasteiger partial charge in [0.1, 0.15) is 11.6 Å². The summed E-state index contributed by atoms with van der Waals surface area (Å²) in [5.74, 6) is -2.40. The summed E-state index contributed by atoms with van der Waals surface area (Å²) in [5, 5.41) is 2.26. The van der Waals surface area contributed by atoms with Crippen LogP contribution in [0.25, 0.3) is 28.0 Å². The first kappa shape index (κ1) is 23.3. The molecule has 7 nitrogen and oxygen atoms in total. The first-order valence-corrected chi connectivity index (χ1v) is 10.8. The largest absolute Gasteiger partial charge is 0.437 e. The van der Waals surface area contributed by atoms with E-state index < -0.39 is 50.6 Å². The maximum absolute atomic E-state index is 13.4. The molecule has 0 radical (unpaired) electrons. The third-order valence-corrected chi connectivity index (χ3v) is 5.81. The van der Waals surface area contributed by atoms with Crippen LogP contribution in [0.4, 0.5) is 23.4 Å². The van der Waals surface area contributed by atoms with Crippen LogP contribution >= 0.6 is 0 Å². The van der Waals surface area contributed by atoms with Crippen LogP contribution in [0.5, 0.6) is 0 Å². The molecule has 12 heteroatoms. The Kier molecular flexibility index (Phi) is 6.00. The van der Waals surface area contributed by atoms with Crippen molar-refractivity contribution in [1.29, 1.82) is 0 Å². The van der Waals surface area contributed by atoms with E-state index in [2.05, 4.69) is 16.9 Å². The molecule has 0 aliphatic rings. The molecule has 2 N–H and O–H groups in total. The average Bonchev–Trinajstić information content (AvgIpc) is 3.09. The van der Waals surface area contributed by atoms with E-state index in [1.807, 2.05) is 4.72 Å². The van der Waals surface area contributed by atoms with Gasteiger partial charge in [0.25, 0.3) is 5.91 Å². The lowest BCUT2D eigenvalue weighted by Gasteiger charge is -2.15. The zero-order chi connectivity index (χ0) is 23.8. The van der Waals surface area contributed by atoms with Crippen molar-refractivity contribution in [3.63, 3.8) is 0 Å². The Morgan fingerprint density at radius 3 is 2.38 bits per heavy atom. The molecule has 0 aliphatic heterocycles. The minimum atomic E-state index is -4.90. The maximum Gasteiger partial charge on any atom is 0.416 e. The highest BCUT2D eigenvalue weighted by Gasteiger charge is 2.36. The van der Waals surface area contributed by atoms with Crippen LogP contribution in [0.3, 0.4) is 0 Å². The Morgan fingerprint density at radius 1 is 1.22 bits per heavy atom. The number of nitrogens with zero attached hydrogens (tertiary/aromatic N) is 1. The van der Waals surface area contributed by atoms with Crippen LogP contribution in [0.15, 0.2) is 41.3 Å². The lowest BCUT2D eigenvalue weighted by Crippen LogP contribution is -2.20. The van der Waals surface area contributed by atoms with Gasteiger partial charge in [-0.15, -0.1) is 0 Å². The van der Waals surface area contributed by atoms with Crippen LogP contribution in [0.1, 0.15) is 22.8 Å². The first-order valence-electron chi connectivity index (χ1n) is 9.10. The quantitative estimate of drug-likeness (QED) is 0.521. The number of carbonyl (C=O) groups is 1. The summed E-state index contributed by atoms with van der Waals surface area (Å²) in [7, 11) is -2.70. The molecule has 3 aromatic rings. The monoisotopic (exact) mass is 471 g/mol. The number of allylic oxidation sites excluding steroid dienone is 1. The van der Waals surface area contributed by atoms with E-state index in [9.17, 15) is 30.8 Å². The minimum Gasteiger partial charge on any atom is -0.437 e. The Balaban J connectivity index is 2.37. The number of alkyl halides is 3. The first-order chi connectivity index (χ1) is 14.9. The molecular weight excluding hydrogens is 454 g/mol. The number of fused-ring (bicyclic) bond motifs is 1. The van der Waals surface area contributed by atoms with E-state index in [4.69, 9.17) is 4.42 Å². The number of benzene rings is 1. The van der Waals surface area contributed by atoms with Gasteiger partial charge in [-0.05, 0) is 37.3 Å². The van der Waals surface area contributed by atoms with Gasteiger partial charge < -0.3 is 9.73 Å². The topological polar surface area (TPSA) is 101 Å². The smallest absolute Gasteiger partial charge is 0.416 e. The summed E-state index contributed by atoms with van der Waals surface area (Å²) in [6.45, 7) is 4.31. The number of sulfonamides is 1. The molecule has 0 saturated carbocycles. The van der Waals surface area contributed by atoms with Gasteiger partial charge in [-0.1, -0.05) is 6.58 Å². The van der Waals surface area contributed by atoms with Crippen molar-refractivity contribution in [1.82, 2.24) is 10.3 Å². The standard InChI is InChI=1S/C20H17F4N3O4S/c1-4-32(29,30)27-17-13(10(2)20(22,23)24)9-14-15(18(28)25-3)16(31-19(14)26-17)11-5-7-12(21)8-6-11/h5-9H,2,4H2,1,3H3,(H,25,28)(H,26,27). The normalized spacial score (nSPS) is 12.1. The van der Waals surface area contributed by atoms with Gasteiger partial charge in [-0.25, -0.2) is 12.8 Å². The van der Waals surface area contributed by atoms with Crippen molar-refractivity contribution in [2.45, 2.75) is 13.1 Å². The highest BCUT2D eigenvalue weighted by Crippen LogP contribution is 2.40. The Morgan fingerprint density at radius 2 is 1.84 bits per heavy atom. The summed E-state index contributed by atoms with van der Waals surface area (Å²) in [4.78, 5) is 16.5. The number of hydrogen-bond acceptors (Lipinski definition) is 5. The van der Waals surface area contributed by atoms with Crippen molar-refractivity contribution >= 4 is 38.4 Å². The molecule has 2 heterocycles. The molecule has 0 aliphatic carbocycles. The fourth-order valence-corrected chi connectivity index (χ4v) is 3.45. The predicted molar refractivity (Wildman–Crippen MR) is 111 cm³/mol. The van der Waals surface area contributed by atoms with Gasteiger partial charge in [-0.2, -0.15) is 18.2 Å². The lowest BCUT2D eigenvalue weighted by atomic mass is 10.0. The van der Waals surface area contributed by atoms with E-state index in [0.29, 0.717) is 0 Å². The van der Waals surface area contributed by atoms with E-state index >= 15 is 0 Å². The average molecular weight is 471 g/mol. The number of rotatable bonds is 6. The van der Waals surface area contributed by atoms with Gasteiger partial charge in [0.15, 0.2) is 5.82 Å². The molecule has 32 heavy (non-hydrogen) atoms. The number of anilines is 1. The van der Waals surface area contributed by atoms with Crippen LogP contribution in [-0.2, 0) is 10.0 Å². The zero-order valence-electron chi connectivity index (χ0n) is 16.8. The molecule has 0 atom stereocenters. The lowest BCUT2D eigenvalue weighted by molar-refractivity contribution is -0.0686.